The van der Waals surface area contributed by atoms with Gasteiger partial charge in [0.25, 0.3) is 0 Å². The van der Waals surface area contributed by atoms with E-state index in [9.17, 15) is 4.79 Å². The summed E-state index contributed by atoms with van der Waals surface area (Å²) < 4.78 is 5.94. The molecule has 0 aromatic heterocycles. The Morgan fingerprint density at radius 2 is 2.31 bits per heavy atom. The van der Waals surface area contributed by atoms with Gasteiger partial charge in [-0.1, -0.05) is 28.1 Å². The van der Waals surface area contributed by atoms with Crippen LogP contribution in [-0.2, 0) is 4.74 Å². The number of rotatable bonds is 4. The molecule has 0 spiro atoms. The zero-order chi connectivity index (χ0) is 9.68. The van der Waals surface area contributed by atoms with Crippen molar-refractivity contribution >= 4 is 21.7 Å². The van der Waals surface area contributed by atoms with Gasteiger partial charge in [0, 0.05) is 16.6 Å². The highest BCUT2D eigenvalue weighted by Crippen LogP contribution is 2.11. The van der Waals surface area contributed by atoms with Crippen molar-refractivity contribution in [1.29, 1.82) is 0 Å². The Bertz CT molecular complexity index is 297. The zero-order valence-electron chi connectivity index (χ0n) is 7.42. The second-order valence-electron chi connectivity index (χ2n) is 2.57. The van der Waals surface area contributed by atoms with Gasteiger partial charge >= 0.3 is 0 Å². The summed E-state index contributed by atoms with van der Waals surface area (Å²) in [7, 11) is 0. The van der Waals surface area contributed by atoms with Crippen LogP contribution < -0.4 is 0 Å². The van der Waals surface area contributed by atoms with Crippen LogP contribution in [-0.4, -0.2) is 19.0 Å². The fourth-order valence-electron chi connectivity index (χ4n) is 0.940. The third-order valence-corrected chi connectivity index (χ3v) is 2.08. The van der Waals surface area contributed by atoms with E-state index >= 15 is 0 Å². The number of halogens is 1. The molecule has 0 aliphatic heterocycles. The average Bonchev–Trinajstić information content (AvgIpc) is 2.14. The molecule has 0 radical (unpaired) electrons. The monoisotopic (exact) mass is 242 g/mol. The van der Waals surface area contributed by atoms with Crippen molar-refractivity contribution in [2.45, 2.75) is 6.92 Å². The highest BCUT2D eigenvalue weighted by atomic mass is 79.9. The topological polar surface area (TPSA) is 26.3 Å². The maximum atomic E-state index is 11.4. The van der Waals surface area contributed by atoms with Gasteiger partial charge in [0.05, 0.1) is 0 Å². The van der Waals surface area contributed by atoms with E-state index in [-0.39, 0.29) is 12.4 Å². The third-order valence-electron chi connectivity index (χ3n) is 1.58. The van der Waals surface area contributed by atoms with E-state index in [1.807, 2.05) is 19.1 Å². The minimum Gasteiger partial charge on any atom is -0.374 e. The van der Waals surface area contributed by atoms with Crippen LogP contribution in [0, 0.1) is 0 Å². The van der Waals surface area contributed by atoms with Crippen molar-refractivity contribution in [1.82, 2.24) is 0 Å². The molecule has 0 atom stereocenters. The van der Waals surface area contributed by atoms with Crippen molar-refractivity contribution in [2.75, 3.05) is 13.2 Å². The van der Waals surface area contributed by atoms with Gasteiger partial charge in [-0.15, -0.1) is 0 Å². The number of Topliss-reactive ketones (excluding diaryl/α,β-unsaturated/α-hetero) is 1. The van der Waals surface area contributed by atoms with Crippen LogP contribution in [0.4, 0.5) is 0 Å². The highest BCUT2D eigenvalue weighted by Gasteiger charge is 2.04. The molecule has 1 rings (SSSR count). The van der Waals surface area contributed by atoms with E-state index in [2.05, 4.69) is 15.9 Å². The van der Waals surface area contributed by atoms with E-state index in [0.29, 0.717) is 12.2 Å². The largest absolute Gasteiger partial charge is 0.374 e. The Kier molecular flexibility index (Phi) is 4.12. The molecule has 0 fully saturated rings. The summed E-state index contributed by atoms with van der Waals surface area (Å²) in [5.74, 6) is 0.0168. The Labute approximate surface area is 86.0 Å². The third kappa shape index (κ3) is 3.28. The van der Waals surface area contributed by atoms with Crippen LogP contribution in [0.25, 0.3) is 0 Å². The van der Waals surface area contributed by atoms with Gasteiger partial charge < -0.3 is 4.74 Å². The summed E-state index contributed by atoms with van der Waals surface area (Å²) in [5, 5.41) is 0. The smallest absolute Gasteiger partial charge is 0.188 e. The average molecular weight is 243 g/mol. The number of hydrogen-bond acceptors (Lipinski definition) is 2. The molecule has 0 N–H and O–H groups in total. The molecule has 13 heavy (non-hydrogen) atoms. The Balaban J connectivity index is 2.66. The molecule has 0 saturated carbocycles. The lowest BCUT2D eigenvalue weighted by Gasteiger charge is -2.01. The van der Waals surface area contributed by atoms with E-state index in [1.165, 1.54) is 0 Å². The molecule has 2 nitrogen and oxygen atoms in total. The predicted octanol–water partition coefficient (Wildman–Crippen LogP) is 2.67. The maximum Gasteiger partial charge on any atom is 0.188 e. The lowest BCUT2D eigenvalue weighted by Crippen LogP contribution is -2.08. The van der Waals surface area contributed by atoms with E-state index in [4.69, 9.17) is 4.74 Å². The minimum atomic E-state index is 0.0168. The molecule has 1 aromatic rings. The summed E-state index contributed by atoms with van der Waals surface area (Å²) >= 11 is 3.31. The number of ether oxygens (including phenoxy) is 1. The van der Waals surface area contributed by atoms with Gasteiger partial charge in [0.2, 0.25) is 0 Å². The van der Waals surface area contributed by atoms with Crippen molar-refractivity contribution in [2.24, 2.45) is 0 Å². The SMILES string of the molecule is CCOCC(=O)c1cccc(Br)c1. The quantitative estimate of drug-likeness (QED) is 0.760. The zero-order valence-corrected chi connectivity index (χ0v) is 9.00. The summed E-state index contributed by atoms with van der Waals surface area (Å²) in [6, 6.07) is 7.30. The molecule has 0 heterocycles. The second-order valence-corrected chi connectivity index (χ2v) is 3.49. The molecular weight excluding hydrogens is 232 g/mol. The second kappa shape index (κ2) is 5.14. The minimum absolute atomic E-state index is 0.0168. The predicted molar refractivity (Wildman–Crippen MR) is 55.0 cm³/mol. The molecule has 0 bridgehead atoms. The highest BCUT2D eigenvalue weighted by molar-refractivity contribution is 9.10. The van der Waals surface area contributed by atoms with Crippen LogP contribution in [0.15, 0.2) is 28.7 Å². The Morgan fingerprint density at radius 1 is 1.54 bits per heavy atom. The van der Waals surface area contributed by atoms with Gasteiger partial charge in [-0.05, 0) is 19.1 Å². The number of ketones is 1. The number of benzene rings is 1. The fourth-order valence-corrected chi connectivity index (χ4v) is 1.34. The molecule has 0 amide bonds. The Morgan fingerprint density at radius 3 is 2.92 bits per heavy atom. The number of carbonyl (C=O) groups is 1. The molecular formula is C10H11BrO2. The summed E-state index contributed by atoms with van der Waals surface area (Å²) in [6.45, 7) is 2.60. The molecule has 3 heteroatoms. The van der Waals surface area contributed by atoms with Gasteiger partial charge in [-0.3, -0.25) is 4.79 Å². The van der Waals surface area contributed by atoms with Gasteiger partial charge in [-0.25, -0.2) is 0 Å². The Hall–Kier alpha value is -0.670. The molecule has 70 valence electrons. The van der Waals surface area contributed by atoms with Gasteiger partial charge in [0.1, 0.15) is 6.61 Å². The first kappa shape index (κ1) is 10.4. The van der Waals surface area contributed by atoms with Crippen LogP contribution in [0.3, 0.4) is 0 Å². The summed E-state index contributed by atoms with van der Waals surface area (Å²) in [5.41, 5.74) is 0.683. The lowest BCUT2D eigenvalue weighted by atomic mass is 10.1. The van der Waals surface area contributed by atoms with Gasteiger partial charge in [-0.2, -0.15) is 0 Å². The summed E-state index contributed by atoms with van der Waals surface area (Å²) in [6.07, 6.45) is 0. The van der Waals surface area contributed by atoms with E-state index in [1.54, 1.807) is 12.1 Å². The number of carbonyl (C=O) groups excluding carboxylic acids is 1. The van der Waals surface area contributed by atoms with Crippen molar-refractivity contribution < 1.29 is 9.53 Å². The van der Waals surface area contributed by atoms with Crippen LogP contribution >= 0.6 is 15.9 Å². The molecule has 0 aliphatic carbocycles. The first-order chi connectivity index (χ1) is 6.24. The standard InChI is InChI=1S/C10H11BrO2/c1-2-13-7-10(12)8-4-3-5-9(11)6-8/h3-6H,2,7H2,1H3. The van der Waals surface area contributed by atoms with E-state index in [0.717, 1.165) is 4.47 Å². The molecule has 1 aromatic carbocycles. The van der Waals surface area contributed by atoms with Crippen LogP contribution in [0.1, 0.15) is 17.3 Å². The fraction of sp³-hybridized carbons (Fsp3) is 0.300. The van der Waals surface area contributed by atoms with Gasteiger partial charge in [0.15, 0.2) is 5.78 Å². The molecule has 0 saturated heterocycles. The molecule has 0 unspecified atom stereocenters. The van der Waals surface area contributed by atoms with Crippen LogP contribution in [0.2, 0.25) is 0 Å². The maximum absolute atomic E-state index is 11.4. The lowest BCUT2D eigenvalue weighted by molar-refractivity contribution is 0.0783. The van der Waals surface area contributed by atoms with Crippen molar-refractivity contribution in [3.8, 4) is 0 Å². The first-order valence-corrected chi connectivity index (χ1v) is 4.90. The normalized spacial score (nSPS) is 10.0. The first-order valence-electron chi connectivity index (χ1n) is 4.10. The van der Waals surface area contributed by atoms with Crippen molar-refractivity contribution in [3.63, 3.8) is 0 Å². The molecule has 0 aliphatic rings. The van der Waals surface area contributed by atoms with E-state index < -0.39 is 0 Å². The number of hydrogen-bond donors (Lipinski definition) is 0. The van der Waals surface area contributed by atoms with Crippen LogP contribution in [0.5, 0.6) is 0 Å². The summed E-state index contributed by atoms with van der Waals surface area (Å²) in [4.78, 5) is 11.4. The van der Waals surface area contributed by atoms with Crippen molar-refractivity contribution in [3.05, 3.63) is 34.3 Å².